The minimum atomic E-state index is 0.488. The molecule has 0 amide bonds. The van der Waals surface area contributed by atoms with Gasteiger partial charge in [0.1, 0.15) is 0 Å². The first-order valence-corrected chi connectivity index (χ1v) is 7.42. The zero-order valence-corrected chi connectivity index (χ0v) is 11.9. The highest BCUT2D eigenvalue weighted by Crippen LogP contribution is 2.34. The van der Waals surface area contributed by atoms with E-state index in [1.807, 2.05) is 11.3 Å². The monoisotopic (exact) mass is 253 g/mol. The van der Waals surface area contributed by atoms with Crippen LogP contribution in [-0.4, -0.2) is 19.8 Å². The first-order valence-electron chi connectivity index (χ1n) is 6.60. The van der Waals surface area contributed by atoms with E-state index in [1.165, 1.54) is 28.2 Å². The molecule has 2 nitrogen and oxygen atoms in total. The molecule has 0 spiro atoms. The van der Waals surface area contributed by atoms with Crippen LogP contribution in [0.2, 0.25) is 0 Å². The van der Waals surface area contributed by atoms with Crippen molar-refractivity contribution in [2.75, 3.05) is 19.8 Å². The van der Waals surface area contributed by atoms with Crippen LogP contribution >= 0.6 is 11.3 Å². The molecule has 2 rings (SSSR count). The van der Waals surface area contributed by atoms with Crippen LogP contribution in [0.3, 0.4) is 0 Å². The lowest BCUT2D eigenvalue weighted by atomic mass is 9.92. The normalized spacial score (nSPS) is 21.9. The number of hydrogen-bond donors (Lipinski definition) is 1. The zero-order chi connectivity index (χ0) is 12.3. The molecule has 3 heteroatoms. The van der Waals surface area contributed by atoms with E-state index in [0.29, 0.717) is 12.0 Å². The Bertz CT molecular complexity index is 355. The van der Waals surface area contributed by atoms with E-state index in [2.05, 4.69) is 32.2 Å². The molecule has 0 bridgehead atoms. The third-order valence-electron chi connectivity index (χ3n) is 3.46. The Morgan fingerprint density at radius 2 is 2.35 bits per heavy atom. The van der Waals surface area contributed by atoms with Gasteiger partial charge in [0.2, 0.25) is 0 Å². The van der Waals surface area contributed by atoms with Gasteiger partial charge in [0.05, 0.1) is 6.61 Å². The van der Waals surface area contributed by atoms with Crippen molar-refractivity contribution in [3.8, 4) is 0 Å². The molecule has 1 saturated heterocycles. The number of ether oxygens (including phenoxy) is 1. The van der Waals surface area contributed by atoms with Crippen LogP contribution in [-0.2, 0) is 4.74 Å². The van der Waals surface area contributed by atoms with E-state index >= 15 is 0 Å². The fourth-order valence-electron chi connectivity index (χ4n) is 2.61. The van der Waals surface area contributed by atoms with Crippen molar-refractivity contribution in [2.45, 2.75) is 39.7 Å². The second-order valence-corrected chi connectivity index (χ2v) is 6.38. The molecule has 96 valence electrons. The van der Waals surface area contributed by atoms with Crippen LogP contribution in [0.25, 0.3) is 0 Å². The summed E-state index contributed by atoms with van der Waals surface area (Å²) in [4.78, 5) is 2.88. The van der Waals surface area contributed by atoms with Gasteiger partial charge in [-0.15, -0.1) is 11.3 Å². The average Bonchev–Trinajstić information content (AvgIpc) is 2.90. The van der Waals surface area contributed by atoms with Gasteiger partial charge < -0.3 is 10.1 Å². The van der Waals surface area contributed by atoms with E-state index < -0.39 is 0 Å². The highest BCUT2D eigenvalue weighted by Gasteiger charge is 2.28. The van der Waals surface area contributed by atoms with Crippen LogP contribution < -0.4 is 5.32 Å². The molecule has 17 heavy (non-hydrogen) atoms. The fourth-order valence-corrected chi connectivity index (χ4v) is 3.58. The van der Waals surface area contributed by atoms with Crippen molar-refractivity contribution in [1.82, 2.24) is 5.32 Å². The molecule has 1 aliphatic heterocycles. The fraction of sp³-hybridized carbons (Fsp3) is 0.714. The Kier molecular flexibility index (Phi) is 4.60. The van der Waals surface area contributed by atoms with Gasteiger partial charge in [-0.3, -0.25) is 0 Å². The van der Waals surface area contributed by atoms with Gasteiger partial charge in [0.15, 0.2) is 0 Å². The summed E-state index contributed by atoms with van der Waals surface area (Å²) in [5, 5.41) is 3.71. The second kappa shape index (κ2) is 5.98. The number of thiophene rings is 1. The molecule has 1 N–H and O–H groups in total. The van der Waals surface area contributed by atoms with Crippen molar-refractivity contribution in [1.29, 1.82) is 0 Å². The molecule has 2 heterocycles. The van der Waals surface area contributed by atoms with Crippen molar-refractivity contribution in [3.05, 3.63) is 21.4 Å². The first kappa shape index (κ1) is 13.1. The highest BCUT2D eigenvalue weighted by atomic mass is 32.1. The zero-order valence-electron chi connectivity index (χ0n) is 11.1. The maximum atomic E-state index is 5.55. The topological polar surface area (TPSA) is 21.3 Å². The van der Waals surface area contributed by atoms with E-state index in [9.17, 15) is 0 Å². The molecule has 0 aliphatic carbocycles. The maximum absolute atomic E-state index is 5.55. The summed E-state index contributed by atoms with van der Waals surface area (Å²) in [6, 6.07) is 2.84. The van der Waals surface area contributed by atoms with E-state index in [1.54, 1.807) is 0 Å². The number of aryl methyl sites for hydroxylation is 2. The standard InChI is InChI=1S/C14H23NOS/c1-4-6-15-14(12-5-7-16-9-12)13-8-10(2)17-11(13)3/h8,12,14-15H,4-7,9H2,1-3H3. The molecule has 0 saturated carbocycles. The number of rotatable bonds is 5. The van der Waals surface area contributed by atoms with Gasteiger partial charge in [-0.25, -0.2) is 0 Å². The Balaban J connectivity index is 2.16. The lowest BCUT2D eigenvalue weighted by Gasteiger charge is -2.24. The van der Waals surface area contributed by atoms with Crippen molar-refractivity contribution < 1.29 is 4.74 Å². The van der Waals surface area contributed by atoms with Gasteiger partial charge in [-0.1, -0.05) is 6.92 Å². The summed E-state index contributed by atoms with van der Waals surface area (Å²) in [5.41, 5.74) is 1.50. The van der Waals surface area contributed by atoms with Crippen LogP contribution in [0, 0.1) is 19.8 Å². The Morgan fingerprint density at radius 1 is 1.53 bits per heavy atom. The largest absolute Gasteiger partial charge is 0.381 e. The average molecular weight is 253 g/mol. The van der Waals surface area contributed by atoms with Crippen LogP contribution in [0.4, 0.5) is 0 Å². The quantitative estimate of drug-likeness (QED) is 0.868. The molecule has 1 aliphatic rings. The highest BCUT2D eigenvalue weighted by molar-refractivity contribution is 7.12. The maximum Gasteiger partial charge on any atom is 0.0513 e. The lowest BCUT2D eigenvalue weighted by Crippen LogP contribution is -2.29. The first-order chi connectivity index (χ1) is 8.22. The molecule has 1 aromatic heterocycles. The third-order valence-corrected chi connectivity index (χ3v) is 4.45. The summed E-state index contributed by atoms with van der Waals surface area (Å²) in [6.07, 6.45) is 2.38. The predicted octanol–water partition coefficient (Wildman–Crippen LogP) is 3.44. The molecule has 2 unspecified atom stereocenters. The van der Waals surface area contributed by atoms with Gasteiger partial charge in [-0.2, -0.15) is 0 Å². The van der Waals surface area contributed by atoms with E-state index in [4.69, 9.17) is 4.74 Å². The Labute approximate surface area is 108 Å². The lowest BCUT2D eigenvalue weighted by molar-refractivity contribution is 0.176. The van der Waals surface area contributed by atoms with Crippen LogP contribution in [0.1, 0.15) is 41.1 Å². The minimum absolute atomic E-state index is 0.488. The van der Waals surface area contributed by atoms with Crippen molar-refractivity contribution >= 4 is 11.3 Å². The van der Waals surface area contributed by atoms with Gasteiger partial charge in [-0.05, 0) is 44.9 Å². The van der Waals surface area contributed by atoms with Gasteiger partial charge in [0, 0.05) is 28.3 Å². The predicted molar refractivity (Wildman–Crippen MR) is 73.8 cm³/mol. The van der Waals surface area contributed by atoms with Crippen LogP contribution in [0.15, 0.2) is 6.07 Å². The third kappa shape index (κ3) is 3.09. The van der Waals surface area contributed by atoms with E-state index in [-0.39, 0.29) is 0 Å². The SMILES string of the molecule is CCCNC(c1cc(C)sc1C)C1CCOC1. The molecule has 2 atom stereocenters. The smallest absolute Gasteiger partial charge is 0.0513 e. The second-order valence-electron chi connectivity index (χ2n) is 4.92. The summed E-state index contributed by atoms with van der Waals surface area (Å²) < 4.78 is 5.55. The summed E-state index contributed by atoms with van der Waals surface area (Å²) in [7, 11) is 0. The van der Waals surface area contributed by atoms with Crippen molar-refractivity contribution in [3.63, 3.8) is 0 Å². The van der Waals surface area contributed by atoms with Gasteiger partial charge in [0.25, 0.3) is 0 Å². The molecular formula is C14H23NOS. The summed E-state index contributed by atoms with van der Waals surface area (Å²) >= 11 is 1.91. The Morgan fingerprint density at radius 3 is 2.88 bits per heavy atom. The number of nitrogens with one attached hydrogen (secondary N) is 1. The summed E-state index contributed by atoms with van der Waals surface area (Å²) in [6.45, 7) is 9.59. The number of hydrogen-bond acceptors (Lipinski definition) is 3. The Hall–Kier alpha value is -0.380. The molecule has 0 aromatic carbocycles. The van der Waals surface area contributed by atoms with Crippen molar-refractivity contribution in [2.24, 2.45) is 5.92 Å². The van der Waals surface area contributed by atoms with Crippen LogP contribution in [0.5, 0.6) is 0 Å². The molecule has 0 radical (unpaired) electrons. The van der Waals surface area contributed by atoms with E-state index in [0.717, 1.165) is 19.8 Å². The summed E-state index contributed by atoms with van der Waals surface area (Å²) in [5.74, 6) is 0.647. The molecule has 1 aromatic rings. The molecular weight excluding hydrogens is 230 g/mol. The van der Waals surface area contributed by atoms with Gasteiger partial charge >= 0.3 is 0 Å². The molecule has 1 fully saturated rings. The minimum Gasteiger partial charge on any atom is -0.381 e.